The lowest BCUT2D eigenvalue weighted by Crippen LogP contribution is -2.56. The summed E-state index contributed by atoms with van der Waals surface area (Å²) in [6.07, 6.45) is -6.36. The van der Waals surface area contributed by atoms with E-state index in [4.69, 9.17) is 14.7 Å². The van der Waals surface area contributed by atoms with Crippen molar-refractivity contribution in [1.82, 2.24) is 14.5 Å². The number of aliphatic hydroxyl groups excluding tert-OH is 4. The van der Waals surface area contributed by atoms with E-state index in [2.05, 4.69) is 0 Å². The Balaban J connectivity index is 1.81. The van der Waals surface area contributed by atoms with E-state index in [-0.39, 0.29) is 0 Å². The van der Waals surface area contributed by atoms with Gasteiger partial charge >= 0.3 is 0 Å². The molecule has 0 spiro atoms. The van der Waals surface area contributed by atoms with E-state index in [1.807, 2.05) is 48.5 Å². The van der Waals surface area contributed by atoms with Crippen molar-refractivity contribution in [2.75, 3.05) is 6.61 Å². The Morgan fingerprint density at radius 1 is 0.857 bits per heavy atom. The van der Waals surface area contributed by atoms with Gasteiger partial charge in [0.1, 0.15) is 29.9 Å². The maximum Gasteiger partial charge on any atom is 0.165 e. The van der Waals surface area contributed by atoms with E-state index >= 15 is 0 Å². The molecule has 0 radical (unpaired) electrons. The van der Waals surface area contributed by atoms with Crippen molar-refractivity contribution >= 4 is 33.1 Å². The Bertz CT molecular complexity index is 1170. The highest BCUT2D eigenvalue weighted by atomic mass is 16.6. The summed E-state index contributed by atoms with van der Waals surface area (Å²) in [5, 5.41) is 41.4. The van der Waals surface area contributed by atoms with E-state index in [1.165, 1.54) is 0 Å². The average molecular weight is 381 g/mol. The van der Waals surface area contributed by atoms with Crippen molar-refractivity contribution in [1.29, 1.82) is 0 Å². The number of aromatic nitrogens is 3. The van der Waals surface area contributed by atoms with Gasteiger partial charge in [0.2, 0.25) is 0 Å². The molecule has 0 unspecified atom stereocenters. The number of rotatable bonds is 2. The van der Waals surface area contributed by atoms with Gasteiger partial charge in [-0.05, 0) is 18.2 Å². The lowest BCUT2D eigenvalue weighted by Gasteiger charge is -2.40. The fourth-order valence-electron chi connectivity index (χ4n) is 3.89. The number of ether oxygens (including phenoxy) is 1. The topological polar surface area (TPSA) is 121 Å². The minimum Gasteiger partial charge on any atom is -0.394 e. The van der Waals surface area contributed by atoms with Gasteiger partial charge in [0.05, 0.1) is 23.2 Å². The summed E-state index contributed by atoms with van der Waals surface area (Å²) in [5.41, 5.74) is 3.28. The van der Waals surface area contributed by atoms with E-state index < -0.39 is 37.3 Å². The fraction of sp³-hybridized carbons (Fsp3) is 0.300. The van der Waals surface area contributed by atoms with Crippen LogP contribution in [0.25, 0.3) is 33.1 Å². The Morgan fingerprint density at radius 2 is 1.54 bits per heavy atom. The zero-order chi connectivity index (χ0) is 19.4. The lowest BCUT2D eigenvalue weighted by atomic mass is 9.98. The minimum atomic E-state index is -1.47. The molecule has 1 aliphatic heterocycles. The van der Waals surface area contributed by atoms with E-state index in [1.54, 1.807) is 4.57 Å². The van der Waals surface area contributed by atoms with Crippen molar-refractivity contribution < 1.29 is 25.2 Å². The standard InChI is InChI=1S/C20H19N3O5/c24-9-14-16(25)17(26)18(27)20(28-14)23-13-8-4-1-5-10(13)15-19(23)22-12-7-3-2-6-11(12)21-15/h1-8,14,16-18,20,24-27H,9H2/t14-,16-,17+,18+,20-/m1/s1. The highest BCUT2D eigenvalue weighted by molar-refractivity contribution is 6.06. The summed E-state index contributed by atoms with van der Waals surface area (Å²) in [4.78, 5) is 9.46. The molecular formula is C20H19N3O5. The molecule has 0 amide bonds. The van der Waals surface area contributed by atoms with Crippen LogP contribution in [0.3, 0.4) is 0 Å². The Hall–Kier alpha value is -2.62. The summed E-state index contributed by atoms with van der Waals surface area (Å²) in [7, 11) is 0. The van der Waals surface area contributed by atoms with Gasteiger partial charge in [-0.3, -0.25) is 4.57 Å². The molecule has 1 aliphatic rings. The molecule has 8 heteroatoms. The van der Waals surface area contributed by atoms with Gasteiger partial charge in [0.15, 0.2) is 11.9 Å². The normalized spacial score (nSPS) is 28.4. The third-order valence-corrected chi connectivity index (χ3v) is 5.32. The second kappa shape index (κ2) is 6.47. The van der Waals surface area contributed by atoms with Crippen LogP contribution >= 0.6 is 0 Å². The predicted molar refractivity (Wildman–Crippen MR) is 102 cm³/mol. The van der Waals surface area contributed by atoms with Crippen LogP contribution in [0.2, 0.25) is 0 Å². The highest BCUT2D eigenvalue weighted by Gasteiger charge is 2.45. The maximum atomic E-state index is 10.6. The van der Waals surface area contributed by atoms with E-state index in [0.717, 1.165) is 16.4 Å². The van der Waals surface area contributed by atoms with Crippen LogP contribution in [0.1, 0.15) is 6.23 Å². The first-order chi connectivity index (χ1) is 13.6. The minimum absolute atomic E-state index is 0.490. The molecule has 2 aromatic carbocycles. The number of nitrogens with zero attached hydrogens (tertiary/aromatic N) is 3. The van der Waals surface area contributed by atoms with Gasteiger partial charge in [-0.25, -0.2) is 9.97 Å². The van der Waals surface area contributed by atoms with Crippen molar-refractivity contribution in [2.24, 2.45) is 0 Å². The molecule has 4 N–H and O–H groups in total. The summed E-state index contributed by atoms with van der Waals surface area (Å²) in [6.45, 7) is -0.493. The Kier molecular flexibility index (Phi) is 4.04. The van der Waals surface area contributed by atoms with Crippen LogP contribution in [-0.4, -0.2) is 66.0 Å². The van der Waals surface area contributed by atoms with Gasteiger partial charge < -0.3 is 25.2 Å². The number of fused-ring (bicyclic) bond motifs is 4. The molecule has 0 aliphatic carbocycles. The van der Waals surface area contributed by atoms with Gasteiger partial charge in [0.25, 0.3) is 0 Å². The summed E-state index contributed by atoms with van der Waals surface area (Å²) < 4.78 is 7.46. The monoisotopic (exact) mass is 381 g/mol. The van der Waals surface area contributed by atoms with Crippen molar-refractivity contribution in [2.45, 2.75) is 30.6 Å². The molecular weight excluding hydrogens is 362 g/mol. The molecule has 0 bridgehead atoms. The molecule has 0 saturated carbocycles. The first kappa shape index (κ1) is 17.5. The molecule has 5 atom stereocenters. The summed E-state index contributed by atoms with van der Waals surface area (Å²) >= 11 is 0. The average Bonchev–Trinajstić information content (AvgIpc) is 3.04. The summed E-state index contributed by atoms with van der Waals surface area (Å²) in [5.74, 6) is 0. The fourth-order valence-corrected chi connectivity index (χ4v) is 3.89. The van der Waals surface area contributed by atoms with Crippen LogP contribution in [0, 0.1) is 0 Å². The molecule has 8 nitrogen and oxygen atoms in total. The Labute approximate surface area is 159 Å². The second-order valence-corrected chi connectivity index (χ2v) is 6.99. The number of para-hydroxylation sites is 3. The number of benzene rings is 2. The number of hydrogen-bond acceptors (Lipinski definition) is 7. The summed E-state index contributed by atoms with van der Waals surface area (Å²) in [6, 6.07) is 15.0. The van der Waals surface area contributed by atoms with Crippen LogP contribution < -0.4 is 0 Å². The Morgan fingerprint density at radius 3 is 2.29 bits per heavy atom. The second-order valence-electron chi connectivity index (χ2n) is 6.99. The third-order valence-electron chi connectivity index (χ3n) is 5.32. The molecule has 3 heterocycles. The van der Waals surface area contributed by atoms with Crippen LogP contribution in [0.4, 0.5) is 0 Å². The quantitative estimate of drug-likeness (QED) is 0.403. The largest absolute Gasteiger partial charge is 0.394 e. The molecule has 5 rings (SSSR count). The van der Waals surface area contributed by atoms with Gasteiger partial charge in [-0.1, -0.05) is 30.3 Å². The highest BCUT2D eigenvalue weighted by Crippen LogP contribution is 2.36. The first-order valence-electron chi connectivity index (χ1n) is 9.06. The number of aliphatic hydroxyl groups is 4. The van der Waals surface area contributed by atoms with Crippen LogP contribution in [0.15, 0.2) is 48.5 Å². The first-order valence-corrected chi connectivity index (χ1v) is 9.06. The molecule has 28 heavy (non-hydrogen) atoms. The zero-order valence-electron chi connectivity index (χ0n) is 14.8. The SMILES string of the molecule is OC[C@H]1O[C@@H](n2c3ccccc3c3nc4ccccc4nc32)[C@@H](O)[C@@H](O)[C@@H]1O. The van der Waals surface area contributed by atoms with Gasteiger partial charge in [0, 0.05) is 5.39 Å². The van der Waals surface area contributed by atoms with Gasteiger partial charge in [-0.2, -0.15) is 0 Å². The van der Waals surface area contributed by atoms with E-state index in [9.17, 15) is 20.4 Å². The van der Waals surface area contributed by atoms with Crippen molar-refractivity contribution in [3.8, 4) is 0 Å². The molecule has 144 valence electrons. The van der Waals surface area contributed by atoms with Crippen molar-refractivity contribution in [3.63, 3.8) is 0 Å². The molecule has 4 aromatic rings. The van der Waals surface area contributed by atoms with Gasteiger partial charge in [-0.15, -0.1) is 0 Å². The molecule has 1 fully saturated rings. The lowest BCUT2D eigenvalue weighted by molar-refractivity contribution is -0.249. The molecule has 1 saturated heterocycles. The van der Waals surface area contributed by atoms with Crippen LogP contribution in [-0.2, 0) is 4.74 Å². The zero-order valence-corrected chi connectivity index (χ0v) is 14.8. The van der Waals surface area contributed by atoms with E-state index in [0.29, 0.717) is 16.7 Å². The van der Waals surface area contributed by atoms with Crippen LogP contribution in [0.5, 0.6) is 0 Å². The smallest absolute Gasteiger partial charge is 0.165 e. The molecule has 2 aromatic heterocycles. The third kappa shape index (κ3) is 2.43. The number of hydrogen-bond donors (Lipinski definition) is 4. The maximum absolute atomic E-state index is 10.6. The predicted octanol–water partition coefficient (Wildman–Crippen LogP) is 0.710. The van der Waals surface area contributed by atoms with Crippen molar-refractivity contribution in [3.05, 3.63) is 48.5 Å².